The fourth-order valence-electron chi connectivity index (χ4n) is 1.16. The molecule has 1 rings (SSSR count). The van der Waals surface area contributed by atoms with E-state index in [2.05, 4.69) is 23.8 Å². The van der Waals surface area contributed by atoms with Crippen LogP contribution in [0.3, 0.4) is 0 Å². The molecule has 0 aliphatic carbocycles. The van der Waals surface area contributed by atoms with Crippen molar-refractivity contribution >= 4 is 11.7 Å². The fourth-order valence-corrected chi connectivity index (χ4v) is 1.16. The van der Waals surface area contributed by atoms with Crippen LogP contribution < -0.4 is 5.73 Å². The van der Waals surface area contributed by atoms with Gasteiger partial charge in [-0.2, -0.15) is 0 Å². The van der Waals surface area contributed by atoms with Crippen molar-refractivity contribution in [1.82, 2.24) is 0 Å². The Morgan fingerprint density at radius 1 is 1.67 bits per heavy atom. The molecule has 2 N–H and O–H groups in total. The van der Waals surface area contributed by atoms with Gasteiger partial charge in [-0.15, -0.1) is 0 Å². The third-order valence-corrected chi connectivity index (χ3v) is 1.74. The summed E-state index contributed by atoms with van der Waals surface area (Å²) in [6.45, 7) is 4.16. The van der Waals surface area contributed by atoms with Gasteiger partial charge in [-0.05, 0) is 12.3 Å². The first-order valence-corrected chi connectivity index (χ1v) is 4.11. The van der Waals surface area contributed by atoms with Gasteiger partial charge in [0.2, 0.25) is 0 Å². The lowest BCUT2D eigenvalue weighted by Crippen LogP contribution is -2.31. The summed E-state index contributed by atoms with van der Waals surface area (Å²) >= 11 is 0. The van der Waals surface area contributed by atoms with E-state index in [0.717, 1.165) is 6.42 Å². The van der Waals surface area contributed by atoms with Crippen LogP contribution in [0.2, 0.25) is 0 Å². The molecule has 12 heavy (non-hydrogen) atoms. The van der Waals surface area contributed by atoms with Gasteiger partial charge in [0.15, 0.2) is 0 Å². The van der Waals surface area contributed by atoms with Crippen molar-refractivity contribution in [2.75, 3.05) is 0 Å². The Morgan fingerprint density at radius 3 is 2.75 bits per heavy atom. The summed E-state index contributed by atoms with van der Waals surface area (Å²) in [4.78, 5) is 15.1. The topological polar surface area (TPSA) is 64.7 Å². The summed E-state index contributed by atoms with van der Waals surface area (Å²) in [5.41, 5.74) is 6.45. The molecule has 0 fully saturated rings. The van der Waals surface area contributed by atoms with E-state index in [-0.39, 0.29) is 18.4 Å². The first-order valence-electron chi connectivity index (χ1n) is 4.11. The van der Waals surface area contributed by atoms with Crippen LogP contribution in [0.1, 0.15) is 26.7 Å². The zero-order valence-electron chi connectivity index (χ0n) is 7.41. The van der Waals surface area contributed by atoms with Gasteiger partial charge < -0.3 is 10.6 Å². The molecule has 1 aliphatic rings. The van der Waals surface area contributed by atoms with Crippen molar-refractivity contribution in [3.8, 4) is 0 Å². The maximum Gasteiger partial charge on any atom is 0.340 e. The molecular formula is C8H14N2O2. The summed E-state index contributed by atoms with van der Waals surface area (Å²) in [5.74, 6) is 0.211. The van der Waals surface area contributed by atoms with Crippen LogP contribution in [0.5, 0.6) is 0 Å². The molecule has 0 spiro atoms. The minimum atomic E-state index is -0.302. The highest BCUT2D eigenvalue weighted by molar-refractivity contribution is 6.04. The quantitative estimate of drug-likeness (QED) is 0.633. The molecule has 0 aromatic carbocycles. The average molecular weight is 170 g/mol. The summed E-state index contributed by atoms with van der Waals surface area (Å²) in [6, 6.07) is -0.128. The molecule has 4 nitrogen and oxygen atoms in total. The Balaban J connectivity index is 2.43. The van der Waals surface area contributed by atoms with E-state index in [4.69, 9.17) is 5.73 Å². The molecule has 1 aliphatic heterocycles. The lowest BCUT2D eigenvalue weighted by atomic mass is 9.99. The van der Waals surface area contributed by atoms with Crippen molar-refractivity contribution in [3.05, 3.63) is 0 Å². The Labute approximate surface area is 71.8 Å². The molecular weight excluding hydrogens is 156 g/mol. The van der Waals surface area contributed by atoms with Crippen LogP contribution in [0.4, 0.5) is 0 Å². The Hall–Kier alpha value is -0.900. The lowest BCUT2D eigenvalue weighted by molar-refractivity contribution is -0.140. The third-order valence-electron chi connectivity index (χ3n) is 1.74. The molecule has 0 radical (unpaired) electrons. The standard InChI is InChI=1S/C8H14N2O2/c1-5(2)3-6(9)7-4-8(11)12-10-7/h5-6H,3-4,9H2,1-2H3/t6-/m1/s1. The van der Waals surface area contributed by atoms with Gasteiger partial charge in [0.1, 0.15) is 0 Å². The molecule has 0 amide bonds. The minimum Gasteiger partial charge on any atom is -0.323 e. The zero-order chi connectivity index (χ0) is 9.14. The SMILES string of the molecule is CC(C)C[C@@H](N)C1=NOC(=O)C1. The predicted octanol–water partition coefficient (Wildman–Crippen LogP) is 0.663. The van der Waals surface area contributed by atoms with Gasteiger partial charge in [0, 0.05) is 6.04 Å². The highest BCUT2D eigenvalue weighted by Crippen LogP contribution is 2.11. The predicted molar refractivity (Wildman–Crippen MR) is 45.6 cm³/mol. The van der Waals surface area contributed by atoms with Gasteiger partial charge in [-0.1, -0.05) is 19.0 Å². The number of nitrogens with zero attached hydrogens (tertiary/aromatic N) is 1. The van der Waals surface area contributed by atoms with Gasteiger partial charge >= 0.3 is 5.97 Å². The van der Waals surface area contributed by atoms with Crippen LogP contribution >= 0.6 is 0 Å². The second kappa shape index (κ2) is 3.67. The zero-order valence-corrected chi connectivity index (χ0v) is 7.41. The summed E-state index contributed by atoms with van der Waals surface area (Å²) in [6.07, 6.45) is 1.10. The first-order chi connectivity index (χ1) is 5.59. The van der Waals surface area contributed by atoms with Crippen molar-refractivity contribution in [3.63, 3.8) is 0 Å². The molecule has 68 valence electrons. The second-order valence-corrected chi connectivity index (χ2v) is 3.46. The van der Waals surface area contributed by atoms with E-state index < -0.39 is 0 Å². The first kappa shape index (κ1) is 9.19. The van der Waals surface area contributed by atoms with Gasteiger partial charge in [-0.3, -0.25) is 0 Å². The van der Waals surface area contributed by atoms with E-state index in [9.17, 15) is 4.79 Å². The van der Waals surface area contributed by atoms with Crippen molar-refractivity contribution in [2.45, 2.75) is 32.7 Å². The average Bonchev–Trinajstić information content (AvgIpc) is 2.34. The lowest BCUT2D eigenvalue weighted by Gasteiger charge is -2.11. The molecule has 0 aromatic rings. The highest BCUT2D eigenvalue weighted by Gasteiger charge is 2.23. The molecule has 4 heteroatoms. The van der Waals surface area contributed by atoms with Crippen LogP contribution in [-0.2, 0) is 9.63 Å². The third kappa shape index (κ3) is 2.30. The van der Waals surface area contributed by atoms with Crippen molar-refractivity contribution in [1.29, 1.82) is 0 Å². The number of hydrogen-bond donors (Lipinski definition) is 1. The normalized spacial score (nSPS) is 19.3. The summed E-state index contributed by atoms with van der Waals surface area (Å²) in [5, 5.41) is 3.61. The monoisotopic (exact) mass is 170 g/mol. The molecule has 0 saturated heterocycles. The second-order valence-electron chi connectivity index (χ2n) is 3.46. The molecule has 1 heterocycles. The number of carbonyl (C=O) groups is 1. The smallest absolute Gasteiger partial charge is 0.323 e. The Bertz CT molecular complexity index is 211. The molecule has 0 aromatic heterocycles. The number of carbonyl (C=O) groups excluding carboxylic acids is 1. The summed E-state index contributed by atoms with van der Waals surface area (Å²) < 4.78 is 0. The summed E-state index contributed by atoms with van der Waals surface area (Å²) in [7, 11) is 0. The van der Waals surface area contributed by atoms with Crippen LogP contribution in [-0.4, -0.2) is 17.7 Å². The fraction of sp³-hybridized carbons (Fsp3) is 0.750. The maximum atomic E-state index is 10.7. The number of oxime groups is 1. The van der Waals surface area contributed by atoms with Gasteiger partial charge in [0.25, 0.3) is 0 Å². The van der Waals surface area contributed by atoms with Crippen LogP contribution in [0.25, 0.3) is 0 Å². The van der Waals surface area contributed by atoms with Crippen LogP contribution in [0.15, 0.2) is 5.16 Å². The minimum absolute atomic E-state index is 0.128. The van der Waals surface area contributed by atoms with E-state index in [1.165, 1.54) is 0 Å². The van der Waals surface area contributed by atoms with Crippen molar-refractivity contribution in [2.24, 2.45) is 16.8 Å². The maximum absolute atomic E-state index is 10.7. The van der Waals surface area contributed by atoms with E-state index in [1.807, 2.05) is 0 Å². The highest BCUT2D eigenvalue weighted by atomic mass is 16.7. The van der Waals surface area contributed by atoms with E-state index >= 15 is 0 Å². The largest absolute Gasteiger partial charge is 0.340 e. The molecule has 0 unspecified atom stereocenters. The molecule has 0 bridgehead atoms. The van der Waals surface area contributed by atoms with Gasteiger partial charge in [-0.25, -0.2) is 4.79 Å². The number of nitrogens with two attached hydrogens (primary N) is 1. The number of rotatable bonds is 3. The Kier molecular flexibility index (Phi) is 2.81. The molecule has 1 atom stereocenters. The Morgan fingerprint density at radius 2 is 2.33 bits per heavy atom. The number of hydrogen-bond acceptors (Lipinski definition) is 4. The van der Waals surface area contributed by atoms with E-state index in [0.29, 0.717) is 11.6 Å². The van der Waals surface area contributed by atoms with Crippen LogP contribution in [0, 0.1) is 5.92 Å². The van der Waals surface area contributed by atoms with Crippen molar-refractivity contribution < 1.29 is 9.63 Å². The van der Waals surface area contributed by atoms with Gasteiger partial charge in [0.05, 0.1) is 12.1 Å². The van der Waals surface area contributed by atoms with E-state index in [1.54, 1.807) is 0 Å². The molecule has 0 saturated carbocycles.